The van der Waals surface area contributed by atoms with Gasteiger partial charge in [-0.05, 0) is 42.9 Å². The predicted molar refractivity (Wildman–Crippen MR) is 112 cm³/mol. The van der Waals surface area contributed by atoms with Crippen LogP contribution in [-0.4, -0.2) is 16.6 Å². The van der Waals surface area contributed by atoms with Gasteiger partial charge in [0.1, 0.15) is 5.56 Å². The number of nitrogens with zero attached hydrogens (tertiary/aromatic N) is 2. The monoisotopic (exact) mass is 421 g/mol. The Kier molecular flexibility index (Phi) is 7.94. The van der Waals surface area contributed by atoms with Gasteiger partial charge in [-0.1, -0.05) is 57.6 Å². The highest BCUT2D eigenvalue weighted by molar-refractivity contribution is 5.54. The number of hydrogen-bond donors (Lipinski definition) is 1. The summed E-state index contributed by atoms with van der Waals surface area (Å²) in [7, 11) is 0. The Balaban J connectivity index is 1.68. The molecule has 164 valence electrons. The Hall–Kier alpha value is -2.31. The van der Waals surface area contributed by atoms with E-state index in [1.54, 1.807) is 0 Å². The number of halogens is 3. The first-order valence-electron chi connectivity index (χ1n) is 10.9. The Labute approximate surface area is 176 Å². The van der Waals surface area contributed by atoms with Crippen molar-refractivity contribution in [2.24, 2.45) is 0 Å². The molecule has 1 saturated carbocycles. The number of unbranched alkanes of at least 4 members (excludes halogenated alkanes) is 3. The maximum Gasteiger partial charge on any atom is 0.423 e. The molecule has 0 saturated heterocycles. The van der Waals surface area contributed by atoms with Crippen LogP contribution >= 0.6 is 0 Å². The third kappa shape index (κ3) is 6.34. The molecule has 3 rings (SSSR count). The van der Waals surface area contributed by atoms with Gasteiger partial charge in [0.05, 0.1) is 6.61 Å². The van der Waals surface area contributed by atoms with Gasteiger partial charge in [0.25, 0.3) is 0 Å². The maximum atomic E-state index is 13.3. The SMILES string of the molecule is CCCCCCOc1nc(Nc2ccc(C3CCCCC3)cc2)ncc1C(F)(F)F. The highest BCUT2D eigenvalue weighted by Gasteiger charge is 2.36. The van der Waals surface area contributed by atoms with E-state index in [0.717, 1.165) is 31.1 Å². The molecule has 0 aliphatic heterocycles. The zero-order valence-corrected chi connectivity index (χ0v) is 17.5. The maximum absolute atomic E-state index is 13.3. The summed E-state index contributed by atoms with van der Waals surface area (Å²) in [4.78, 5) is 7.85. The molecule has 0 atom stereocenters. The summed E-state index contributed by atoms with van der Waals surface area (Å²) in [5.74, 6) is 0.273. The summed E-state index contributed by atoms with van der Waals surface area (Å²) in [6.07, 6.45) is 6.20. The Morgan fingerprint density at radius 2 is 1.77 bits per heavy atom. The van der Waals surface area contributed by atoms with E-state index in [1.165, 1.54) is 37.7 Å². The van der Waals surface area contributed by atoms with Gasteiger partial charge in [-0.15, -0.1) is 0 Å². The number of benzene rings is 1. The van der Waals surface area contributed by atoms with Crippen LogP contribution in [-0.2, 0) is 6.18 Å². The summed E-state index contributed by atoms with van der Waals surface area (Å²) < 4.78 is 45.2. The molecule has 2 aromatic rings. The number of rotatable bonds is 9. The van der Waals surface area contributed by atoms with Gasteiger partial charge >= 0.3 is 6.18 Å². The molecule has 1 aromatic heterocycles. The van der Waals surface area contributed by atoms with E-state index >= 15 is 0 Å². The quantitative estimate of drug-likeness (QED) is 0.433. The summed E-state index contributed by atoms with van der Waals surface area (Å²) in [5.41, 5.74) is 1.10. The smallest absolute Gasteiger partial charge is 0.423 e. The van der Waals surface area contributed by atoms with E-state index in [4.69, 9.17) is 4.74 Å². The number of aromatic nitrogens is 2. The number of alkyl halides is 3. The molecule has 1 heterocycles. The molecule has 1 aliphatic carbocycles. The third-order valence-corrected chi connectivity index (χ3v) is 5.54. The average Bonchev–Trinajstić information content (AvgIpc) is 2.74. The van der Waals surface area contributed by atoms with Crippen LogP contribution in [0.2, 0.25) is 0 Å². The van der Waals surface area contributed by atoms with Crippen LogP contribution in [0.25, 0.3) is 0 Å². The average molecular weight is 422 g/mol. The molecule has 0 spiro atoms. The molecule has 0 amide bonds. The van der Waals surface area contributed by atoms with Crippen LogP contribution in [0.4, 0.5) is 24.8 Å². The van der Waals surface area contributed by atoms with Gasteiger partial charge in [0.2, 0.25) is 11.8 Å². The van der Waals surface area contributed by atoms with Crippen molar-refractivity contribution in [3.63, 3.8) is 0 Å². The lowest BCUT2D eigenvalue weighted by Crippen LogP contribution is -2.13. The van der Waals surface area contributed by atoms with E-state index in [0.29, 0.717) is 12.3 Å². The molecule has 4 nitrogen and oxygen atoms in total. The minimum atomic E-state index is -4.56. The number of ether oxygens (including phenoxy) is 1. The first-order valence-corrected chi connectivity index (χ1v) is 10.9. The van der Waals surface area contributed by atoms with Gasteiger partial charge in [-0.25, -0.2) is 4.98 Å². The second kappa shape index (κ2) is 10.6. The first-order chi connectivity index (χ1) is 14.5. The molecule has 1 aromatic carbocycles. The largest absolute Gasteiger partial charge is 0.477 e. The van der Waals surface area contributed by atoms with Gasteiger partial charge < -0.3 is 10.1 Å². The van der Waals surface area contributed by atoms with Crippen LogP contribution in [0.15, 0.2) is 30.5 Å². The second-order valence-electron chi connectivity index (χ2n) is 7.90. The molecule has 0 unspecified atom stereocenters. The molecule has 1 N–H and O–H groups in total. The zero-order valence-electron chi connectivity index (χ0n) is 17.5. The zero-order chi connectivity index (χ0) is 21.4. The summed E-state index contributed by atoms with van der Waals surface area (Å²) in [6, 6.07) is 8.01. The molecule has 30 heavy (non-hydrogen) atoms. The third-order valence-electron chi connectivity index (χ3n) is 5.54. The highest BCUT2D eigenvalue weighted by Crippen LogP contribution is 2.36. The lowest BCUT2D eigenvalue weighted by Gasteiger charge is -2.22. The van der Waals surface area contributed by atoms with Gasteiger partial charge in [0.15, 0.2) is 0 Å². The molecule has 1 fully saturated rings. The van der Waals surface area contributed by atoms with Crippen LogP contribution in [0.1, 0.15) is 81.8 Å². The summed E-state index contributed by atoms with van der Waals surface area (Å²) >= 11 is 0. The predicted octanol–water partition coefficient (Wildman–Crippen LogP) is 7.25. The van der Waals surface area contributed by atoms with Crippen LogP contribution in [0.5, 0.6) is 5.88 Å². The molecule has 7 heteroatoms. The van der Waals surface area contributed by atoms with E-state index in [1.807, 2.05) is 12.1 Å². The minimum Gasteiger partial charge on any atom is -0.477 e. The summed E-state index contributed by atoms with van der Waals surface area (Å²) in [6.45, 7) is 2.28. The topological polar surface area (TPSA) is 47.0 Å². The molecule has 0 radical (unpaired) electrons. The summed E-state index contributed by atoms with van der Waals surface area (Å²) in [5, 5.41) is 2.99. The second-order valence-corrected chi connectivity index (χ2v) is 7.90. The number of nitrogens with one attached hydrogen (secondary N) is 1. The fourth-order valence-electron chi connectivity index (χ4n) is 3.83. The Morgan fingerprint density at radius 3 is 2.43 bits per heavy atom. The van der Waals surface area contributed by atoms with E-state index in [9.17, 15) is 13.2 Å². The lowest BCUT2D eigenvalue weighted by atomic mass is 9.84. The fraction of sp³-hybridized carbons (Fsp3) is 0.565. The van der Waals surface area contributed by atoms with E-state index < -0.39 is 17.6 Å². The Morgan fingerprint density at radius 1 is 1.03 bits per heavy atom. The fourth-order valence-corrected chi connectivity index (χ4v) is 3.83. The molecule has 0 bridgehead atoms. The van der Waals surface area contributed by atoms with Crippen molar-refractivity contribution in [1.29, 1.82) is 0 Å². The highest BCUT2D eigenvalue weighted by atomic mass is 19.4. The van der Waals surface area contributed by atoms with Crippen LogP contribution in [0, 0.1) is 0 Å². The van der Waals surface area contributed by atoms with Crippen molar-refractivity contribution in [3.8, 4) is 5.88 Å². The molecule has 1 aliphatic rings. The van der Waals surface area contributed by atoms with Crippen molar-refractivity contribution in [1.82, 2.24) is 9.97 Å². The molecular formula is C23H30F3N3O. The normalized spacial score (nSPS) is 15.2. The van der Waals surface area contributed by atoms with Gasteiger partial charge in [-0.2, -0.15) is 18.2 Å². The first kappa shape index (κ1) is 22.4. The van der Waals surface area contributed by atoms with Gasteiger partial charge in [0, 0.05) is 11.9 Å². The molecular weight excluding hydrogens is 391 g/mol. The van der Waals surface area contributed by atoms with Crippen molar-refractivity contribution < 1.29 is 17.9 Å². The minimum absolute atomic E-state index is 0.0944. The van der Waals surface area contributed by atoms with Crippen molar-refractivity contribution in [3.05, 3.63) is 41.6 Å². The van der Waals surface area contributed by atoms with Crippen molar-refractivity contribution in [2.75, 3.05) is 11.9 Å². The van der Waals surface area contributed by atoms with E-state index in [2.05, 4.69) is 34.3 Å². The van der Waals surface area contributed by atoms with Crippen molar-refractivity contribution >= 4 is 11.6 Å². The van der Waals surface area contributed by atoms with Gasteiger partial charge in [-0.3, -0.25) is 0 Å². The van der Waals surface area contributed by atoms with E-state index in [-0.39, 0.29) is 12.6 Å². The van der Waals surface area contributed by atoms with Crippen molar-refractivity contribution in [2.45, 2.75) is 76.8 Å². The number of anilines is 2. The Bertz CT molecular complexity index is 787. The van der Waals surface area contributed by atoms with Crippen LogP contribution < -0.4 is 10.1 Å². The standard InChI is InChI=1S/C23H30F3N3O/c1-2-3-4-8-15-30-21-20(23(24,25)26)16-27-22(29-21)28-19-13-11-18(12-14-19)17-9-6-5-7-10-17/h11-14,16-17H,2-10,15H2,1H3,(H,27,28,29). The van der Waals surface area contributed by atoms with Crippen LogP contribution in [0.3, 0.4) is 0 Å². The number of hydrogen-bond acceptors (Lipinski definition) is 4. The lowest BCUT2D eigenvalue weighted by molar-refractivity contribution is -0.139.